The van der Waals surface area contributed by atoms with Gasteiger partial charge in [0.15, 0.2) is 0 Å². The van der Waals surface area contributed by atoms with Gasteiger partial charge in [-0.05, 0) is 92.0 Å². The van der Waals surface area contributed by atoms with Crippen LogP contribution in [0, 0.1) is 0 Å². The number of ether oxygens (including phenoxy) is 3. The molecule has 3 heterocycles. The van der Waals surface area contributed by atoms with Gasteiger partial charge in [-0.15, -0.1) is 0 Å². The number of Topliss-reactive ketones (excluding diaryl/α,β-unsaturated/α-hetero) is 2. The molecule has 0 N–H and O–H groups in total. The van der Waals surface area contributed by atoms with Gasteiger partial charge >= 0.3 is 17.9 Å². The number of nitrogens with zero attached hydrogens (tertiary/aromatic N) is 7. The molecule has 2 saturated heterocycles. The zero-order chi connectivity index (χ0) is 49.4. The minimum Gasteiger partial charge on any atom is -0.459 e. The Labute approximate surface area is 403 Å². The first kappa shape index (κ1) is 53.7. The van der Waals surface area contributed by atoms with Crippen molar-refractivity contribution in [3.05, 3.63) is 71.9 Å². The van der Waals surface area contributed by atoms with Gasteiger partial charge in [-0.3, -0.25) is 48.4 Å². The van der Waals surface area contributed by atoms with Crippen LogP contribution in [0.4, 0.5) is 5.69 Å². The number of ketones is 2. The summed E-state index contributed by atoms with van der Waals surface area (Å²) >= 11 is 0. The summed E-state index contributed by atoms with van der Waals surface area (Å²) in [6.45, 7) is 20.6. The number of fused-ring (bicyclic) bond motifs is 1. The summed E-state index contributed by atoms with van der Waals surface area (Å²) in [6, 6.07) is 19.0. The smallest absolute Gasteiger partial charge is 0.323 e. The van der Waals surface area contributed by atoms with E-state index in [1.54, 1.807) is 13.8 Å². The number of rotatable bonds is 17. The average molecular weight is 942 g/mol. The second-order valence-electron chi connectivity index (χ2n) is 20.1. The van der Waals surface area contributed by atoms with Crippen LogP contribution in [0.1, 0.15) is 85.9 Å². The van der Waals surface area contributed by atoms with Gasteiger partial charge in [-0.25, -0.2) is 4.98 Å². The lowest BCUT2D eigenvalue weighted by molar-refractivity contribution is -0.163. The fraction of sp³-hybridized carbons (Fsp3) is 0.596. The Morgan fingerprint density at radius 1 is 0.618 bits per heavy atom. The van der Waals surface area contributed by atoms with Crippen LogP contribution in [0.2, 0.25) is 0 Å². The fourth-order valence-electron chi connectivity index (χ4n) is 8.52. The van der Waals surface area contributed by atoms with E-state index in [1.807, 2.05) is 111 Å². The van der Waals surface area contributed by atoms with Crippen LogP contribution in [0.15, 0.2) is 60.7 Å². The Kier molecular flexibility index (Phi) is 20.0. The Hall–Kier alpha value is -5.29. The maximum absolute atomic E-state index is 14.2. The van der Waals surface area contributed by atoms with Gasteiger partial charge < -0.3 is 24.0 Å². The first-order valence-corrected chi connectivity index (χ1v) is 24.2. The molecule has 1 aromatic heterocycles. The van der Waals surface area contributed by atoms with Gasteiger partial charge in [0.05, 0.1) is 30.8 Å². The van der Waals surface area contributed by atoms with Gasteiger partial charge in [0.2, 0.25) is 5.91 Å². The lowest BCUT2D eigenvalue weighted by Crippen LogP contribution is -2.53. The van der Waals surface area contributed by atoms with Crippen LogP contribution in [0.5, 0.6) is 0 Å². The average Bonchev–Trinajstić information content (AvgIpc) is 3.26. The van der Waals surface area contributed by atoms with E-state index in [0.29, 0.717) is 97.1 Å². The number of esters is 3. The van der Waals surface area contributed by atoms with Crippen LogP contribution in [-0.2, 0) is 56.0 Å². The van der Waals surface area contributed by atoms with Crippen molar-refractivity contribution in [3.63, 3.8) is 0 Å². The van der Waals surface area contributed by atoms with E-state index in [9.17, 15) is 28.8 Å². The molecule has 1 atom stereocenters. The number of piperazine rings is 1. The number of pyridine rings is 1. The molecule has 0 radical (unpaired) electrons. The second kappa shape index (κ2) is 25.4. The van der Waals surface area contributed by atoms with Crippen molar-refractivity contribution >= 4 is 52.0 Å². The zero-order valence-corrected chi connectivity index (χ0v) is 41.8. The molecule has 2 fully saturated rings. The number of aryl methyl sites for hydroxylation is 1. The predicted molar refractivity (Wildman–Crippen MR) is 262 cm³/mol. The molecule has 2 aliphatic rings. The van der Waals surface area contributed by atoms with Crippen molar-refractivity contribution < 1.29 is 43.0 Å². The van der Waals surface area contributed by atoms with Crippen molar-refractivity contribution in [1.82, 2.24) is 29.5 Å². The molecule has 0 bridgehead atoms. The summed E-state index contributed by atoms with van der Waals surface area (Å²) in [7, 11) is 0. The van der Waals surface area contributed by atoms with Crippen LogP contribution < -0.4 is 4.90 Å². The van der Waals surface area contributed by atoms with E-state index in [0.717, 1.165) is 22.2 Å². The molecule has 16 heteroatoms. The van der Waals surface area contributed by atoms with Crippen molar-refractivity contribution in [2.24, 2.45) is 0 Å². The first-order chi connectivity index (χ1) is 32.2. The molecule has 2 aromatic carbocycles. The lowest BCUT2D eigenvalue weighted by Gasteiger charge is -2.38. The van der Waals surface area contributed by atoms with Gasteiger partial charge in [0.1, 0.15) is 35.4 Å². The van der Waals surface area contributed by atoms with E-state index in [1.165, 1.54) is 0 Å². The summed E-state index contributed by atoms with van der Waals surface area (Å²) < 4.78 is 17.3. The normalized spacial score (nSPS) is 17.2. The Balaban J connectivity index is 1.24. The second-order valence-corrected chi connectivity index (χ2v) is 20.1. The molecule has 372 valence electrons. The topological polar surface area (TPSA) is 162 Å². The van der Waals surface area contributed by atoms with E-state index in [-0.39, 0.29) is 68.5 Å². The first-order valence-electron chi connectivity index (χ1n) is 24.2. The van der Waals surface area contributed by atoms with Crippen LogP contribution in [0.25, 0.3) is 10.9 Å². The highest BCUT2D eigenvalue weighted by molar-refractivity contribution is 5.83. The Bertz CT molecular complexity index is 2170. The highest BCUT2D eigenvalue weighted by Crippen LogP contribution is 2.24. The van der Waals surface area contributed by atoms with E-state index in [2.05, 4.69) is 20.8 Å². The van der Waals surface area contributed by atoms with Crippen molar-refractivity contribution in [1.29, 1.82) is 0 Å². The predicted octanol–water partition coefficient (Wildman–Crippen LogP) is 4.79. The molecule has 16 nitrogen and oxygen atoms in total. The van der Waals surface area contributed by atoms with Crippen molar-refractivity contribution in [2.45, 2.75) is 105 Å². The molecule has 3 aromatic rings. The molecular formula is C52H75N7O9. The lowest BCUT2D eigenvalue weighted by atomic mass is 10.1. The third kappa shape index (κ3) is 18.7. The molecule has 0 aliphatic carbocycles. The number of aromatic nitrogens is 1. The zero-order valence-electron chi connectivity index (χ0n) is 41.8. The summed E-state index contributed by atoms with van der Waals surface area (Å²) in [4.78, 5) is 95.6. The molecule has 68 heavy (non-hydrogen) atoms. The van der Waals surface area contributed by atoms with Crippen LogP contribution >= 0.6 is 0 Å². The standard InChI is InChI=1S/C52H75N7O9/c1-39(60)35-54-22-23-55(36-40(2)61)26-28-58(29-27-56(25-24-54)37-49(64)67-51(3,4)5)46(50(65)68-52(6,7)8)19-20-47(62)59-32-30-57(31-33-59)44-18-16-42-15-17-43(53-45(42)34-44)38-66-48(63)21-14-41-12-10-9-11-13-41/h9-13,15-18,34,46H,14,19-33,35-38H2,1-8H3. The monoisotopic (exact) mass is 942 g/mol. The molecule has 1 amide bonds. The molecule has 5 rings (SSSR count). The third-order valence-electron chi connectivity index (χ3n) is 11.9. The SMILES string of the molecule is CC(=O)CN1CCN(CC(C)=O)CCN(C(CCC(=O)N2CCN(c3ccc4ccc(COC(=O)CCc5ccccc5)nc4c3)CC2)C(=O)OC(C)(C)C)CCN(CC(=O)OC(C)(C)C)CC1. The molecule has 1 unspecified atom stereocenters. The van der Waals surface area contributed by atoms with Crippen molar-refractivity contribution in [3.8, 4) is 0 Å². The van der Waals surface area contributed by atoms with Gasteiger partial charge in [0.25, 0.3) is 0 Å². The Morgan fingerprint density at radius 2 is 1.18 bits per heavy atom. The molecule has 0 spiro atoms. The highest BCUT2D eigenvalue weighted by Gasteiger charge is 2.33. The van der Waals surface area contributed by atoms with Gasteiger partial charge in [-0.2, -0.15) is 0 Å². The molecular weight excluding hydrogens is 867 g/mol. The summed E-state index contributed by atoms with van der Waals surface area (Å²) in [5.41, 5.74) is 2.09. The number of amides is 1. The quantitative estimate of drug-likeness (QED) is 0.134. The maximum Gasteiger partial charge on any atom is 0.323 e. The number of anilines is 1. The molecule has 2 aliphatic heterocycles. The maximum atomic E-state index is 14.2. The minimum atomic E-state index is -0.777. The highest BCUT2D eigenvalue weighted by atomic mass is 16.6. The minimum absolute atomic E-state index is 0.0103. The van der Waals surface area contributed by atoms with Gasteiger partial charge in [0, 0.05) is 102 Å². The molecule has 0 saturated carbocycles. The summed E-state index contributed by atoms with van der Waals surface area (Å²) in [6.07, 6.45) is 1.26. The van der Waals surface area contributed by atoms with E-state index < -0.39 is 23.2 Å². The van der Waals surface area contributed by atoms with Crippen LogP contribution in [0.3, 0.4) is 0 Å². The largest absolute Gasteiger partial charge is 0.459 e. The number of carbonyl (C=O) groups is 6. The van der Waals surface area contributed by atoms with E-state index >= 15 is 0 Å². The Morgan fingerprint density at radius 3 is 1.75 bits per heavy atom. The number of hydrogen-bond acceptors (Lipinski definition) is 15. The number of carbonyl (C=O) groups excluding carboxylic acids is 6. The summed E-state index contributed by atoms with van der Waals surface area (Å²) in [5.74, 6) is -1.08. The summed E-state index contributed by atoms with van der Waals surface area (Å²) in [5, 5.41) is 0.970. The van der Waals surface area contributed by atoms with E-state index in [4.69, 9.17) is 19.2 Å². The number of benzene rings is 2. The van der Waals surface area contributed by atoms with Crippen molar-refractivity contribution in [2.75, 3.05) is 103 Å². The van der Waals surface area contributed by atoms with Gasteiger partial charge in [-0.1, -0.05) is 42.5 Å². The number of hydrogen-bond donors (Lipinski definition) is 0. The fourth-order valence-corrected chi connectivity index (χ4v) is 8.52. The third-order valence-corrected chi connectivity index (χ3v) is 11.9. The van der Waals surface area contributed by atoms with Crippen LogP contribution in [-0.4, -0.2) is 180 Å².